The zero-order valence-electron chi connectivity index (χ0n) is 12.0. The lowest BCUT2D eigenvalue weighted by Gasteiger charge is -2.13. The predicted octanol–water partition coefficient (Wildman–Crippen LogP) is 3.44. The first-order valence-electron chi connectivity index (χ1n) is 7.56. The van der Waals surface area contributed by atoms with Crippen molar-refractivity contribution in [1.82, 2.24) is 0 Å². The topological polar surface area (TPSA) is 35.2 Å². The maximum absolute atomic E-state index is 5.84. The molecule has 1 aliphatic heterocycles. The minimum Gasteiger partial charge on any atom is -0.493 e. The molecule has 1 atom stereocenters. The molecule has 2 N–H and O–H groups in total. The van der Waals surface area contributed by atoms with Gasteiger partial charge in [0.15, 0.2) is 0 Å². The van der Waals surface area contributed by atoms with E-state index in [4.69, 9.17) is 10.5 Å². The van der Waals surface area contributed by atoms with Gasteiger partial charge < -0.3 is 10.5 Å². The molecule has 0 bridgehead atoms. The number of hydrogen-bond donors (Lipinski definition) is 1. The number of rotatable bonds is 3. The van der Waals surface area contributed by atoms with Gasteiger partial charge in [-0.3, -0.25) is 0 Å². The third kappa shape index (κ3) is 2.21. The molecule has 0 radical (unpaired) electrons. The van der Waals surface area contributed by atoms with Crippen LogP contribution in [0.1, 0.15) is 22.3 Å². The number of benzene rings is 1. The van der Waals surface area contributed by atoms with Crippen LogP contribution >= 0.6 is 11.3 Å². The molecule has 1 unspecified atom stereocenters. The third-order valence-electron chi connectivity index (χ3n) is 4.56. The van der Waals surface area contributed by atoms with Gasteiger partial charge in [0.2, 0.25) is 0 Å². The van der Waals surface area contributed by atoms with E-state index in [0.29, 0.717) is 12.5 Å². The number of nitrogens with two attached hydrogens (primary N) is 1. The second-order valence-electron chi connectivity index (χ2n) is 5.81. The van der Waals surface area contributed by atoms with Crippen molar-refractivity contribution < 1.29 is 4.74 Å². The summed E-state index contributed by atoms with van der Waals surface area (Å²) >= 11 is 1.78. The number of fused-ring (bicyclic) bond motifs is 3. The van der Waals surface area contributed by atoms with E-state index in [1.165, 1.54) is 27.8 Å². The number of thiophene rings is 1. The summed E-state index contributed by atoms with van der Waals surface area (Å²) in [6, 6.07) is 6.63. The Labute approximate surface area is 129 Å². The van der Waals surface area contributed by atoms with Crippen LogP contribution in [0.5, 0.6) is 5.75 Å². The minimum absolute atomic E-state index is 0.560. The Morgan fingerprint density at radius 2 is 2.29 bits per heavy atom. The maximum Gasteiger partial charge on any atom is 0.123 e. The van der Waals surface area contributed by atoms with Crippen molar-refractivity contribution >= 4 is 16.9 Å². The van der Waals surface area contributed by atoms with E-state index in [1.54, 1.807) is 11.3 Å². The first-order valence-corrected chi connectivity index (χ1v) is 8.50. The van der Waals surface area contributed by atoms with Crippen LogP contribution in [0.4, 0.5) is 0 Å². The zero-order valence-corrected chi connectivity index (χ0v) is 12.8. The summed E-state index contributed by atoms with van der Waals surface area (Å²) in [4.78, 5) is 0. The number of allylic oxidation sites excluding steroid dienone is 1. The van der Waals surface area contributed by atoms with Crippen LogP contribution < -0.4 is 10.5 Å². The predicted molar refractivity (Wildman–Crippen MR) is 87.9 cm³/mol. The summed E-state index contributed by atoms with van der Waals surface area (Å²) in [5.74, 6) is 1.64. The van der Waals surface area contributed by atoms with Gasteiger partial charge in [-0.15, -0.1) is 0 Å². The molecule has 0 amide bonds. The highest BCUT2D eigenvalue weighted by Crippen LogP contribution is 2.45. The third-order valence-corrected chi connectivity index (χ3v) is 5.29. The lowest BCUT2D eigenvalue weighted by Crippen LogP contribution is -2.05. The summed E-state index contributed by atoms with van der Waals surface area (Å²) in [6.45, 7) is 1.43. The van der Waals surface area contributed by atoms with Gasteiger partial charge in [-0.1, -0.05) is 12.1 Å². The molecule has 2 aromatic rings. The van der Waals surface area contributed by atoms with Crippen molar-refractivity contribution in [1.29, 1.82) is 0 Å². The Balaban J connectivity index is 1.74. The highest BCUT2D eigenvalue weighted by Gasteiger charge is 2.31. The number of hydrogen-bond acceptors (Lipinski definition) is 3. The van der Waals surface area contributed by atoms with Crippen molar-refractivity contribution in [3.8, 4) is 5.75 Å². The zero-order chi connectivity index (χ0) is 14.2. The molecule has 1 aliphatic carbocycles. The van der Waals surface area contributed by atoms with Gasteiger partial charge in [-0.25, -0.2) is 0 Å². The first-order chi connectivity index (χ1) is 10.4. The molecular formula is C18H19NOS. The highest BCUT2D eigenvalue weighted by atomic mass is 32.1. The van der Waals surface area contributed by atoms with Crippen molar-refractivity contribution in [2.45, 2.75) is 19.3 Å². The SMILES string of the molecule is NC/C=C1/c2c(ccc3c2CCO3)CC1Cc1ccsc1. The minimum atomic E-state index is 0.560. The van der Waals surface area contributed by atoms with Gasteiger partial charge in [-0.2, -0.15) is 11.3 Å². The fourth-order valence-corrected chi connectivity index (χ4v) is 4.39. The van der Waals surface area contributed by atoms with Crippen LogP contribution in [0.2, 0.25) is 0 Å². The Kier molecular flexibility index (Phi) is 3.32. The first kappa shape index (κ1) is 13.1. The van der Waals surface area contributed by atoms with Crippen LogP contribution in [0.15, 0.2) is 35.0 Å². The van der Waals surface area contributed by atoms with Crippen molar-refractivity contribution in [2.24, 2.45) is 11.7 Å². The van der Waals surface area contributed by atoms with E-state index in [-0.39, 0.29) is 0 Å². The van der Waals surface area contributed by atoms with Crippen LogP contribution in [0, 0.1) is 5.92 Å². The molecular weight excluding hydrogens is 278 g/mol. The van der Waals surface area contributed by atoms with Crippen molar-refractivity contribution in [2.75, 3.05) is 13.2 Å². The Bertz CT molecular complexity index is 687. The van der Waals surface area contributed by atoms with E-state index >= 15 is 0 Å². The van der Waals surface area contributed by atoms with Crippen molar-refractivity contribution in [3.63, 3.8) is 0 Å². The highest BCUT2D eigenvalue weighted by molar-refractivity contribution is 7.07. The average molecular weight is 297 g/mol. The van der Waals surface area contributed by atoms with Crippen molar-refractivity contribution in [3.05, 3.63) is 57.3 Å². The average Bonchev–Trinajstić information content (AvgIpc) is 3.19. The lowest BCUT2D eigenvalue weighted by molar-refractivity contribution is 0.357. The molecule has 2 heterocycles. The van der Waals surface area contributed by atoms with Gasteiger partial charge in [0.05, 0.1) is 6.61 Å². The molecule has 1 aromatic heterocycles. The Morgan fingerprint density at radius 3 is 3.10 bits per heavy atom. The van der Waals surface area contributed by atoms with Gasteiger partial charge >= 0.3 is 0 Å². The molecule has 21 heavy (non-hydrogen) atoms. The molecule has 0 saturated carbocycles. The van der Waals surface area contributed by atoms with E-state index in [9.17, 15) is 0 Å². The van der Waals surface area contributed by atoms with Gasteiger partial charge in [-0.05, 0) is 63.9 Å². The van der Waals surface area contributed by atoms with E-state index in [1.807, 2.05) is 0 Å². The van der Waals surface area contributed by atoms with E-state index in [0.717, 1.165) is 31.6 Å². The smallest absolute Gasteiger partial charge is 0.123 e. The summed E-state index contributed by atoms with van der Waals surface area (Å²) in [5, 5.41) is 4.42. The van der Waals surface area contributed by atoms with Gasteiger partial charge in [0, 0.05) is 18.5 Å². The molecule has 0 saturated heterocycles. The summed E-state index contributed by atoms with van der Waals surface area (Å²) in [5.41, 5.74) is 13.0. The molecule has 108 valence electrons. The molecule has 1 aromatic carbocycles. The summed E-state index contributed by atoms with van der Waals surface area (Å²) in [7, 11) is 0. The molecule has 4 rings (SSSR count). The summed E-state index contributed by atoms with van der Waals surface area (Å²) in [6.07, 6.45) is 5.50. The van der Waals surface area contributed by atoms with Crippen LogP contribution in [-0.2, 0) is 19.3 Å². The largest absolute Gasteiger partial charge is 0.493 e. The van der Waals surface area contributed by atoms with E-state index in [2.05, 4.69) is 35.0 Å². The van der Waals surface area contributed by atoms with Crippen LogP contribution in [0.3, 0.4) is 0 Å². The normalized spacial score (nSPS) is 21.4. The molecule has 0 spiro atoms. The standard InChI is InChI=1S/C18H19NOS/c19-6-3-15-14(9-12-5-8-21-11-12)10-13-1-2-17-16(18(13)15)4-7-20-17/h1-3,5,8,11,14H,4,6-7,9-10,19H2/b15-3+. The fourth-order valence-electron chi connectivity index (χ4n) is 3.70. The van der Waals surface area contributed by atoms with Gasteiger partial charge in [0.1, 0.15) is 5.75 Å². The van der Waals surface area contributed by atoms with E-state index < -0.39 is 0 Å². The monoisotopic (exact) mass is 297 g/mol. The summed E-state index contributed by atoms with van der Waals surface area (Å²) < 4.78 is 5.73. The maximum atomic E-state index is 5.84. The molecule has 2 aliphatic rings. The fraction of sp³-hybridized carbons (Fsp3) is 0.333. The quantitative estimate of drug-likeness (QED) is 0.942. The molecule has 0 fully saturated rings. The Morgan fingerprint density at radius 1 is 1.33 bits per heavy atom. The number of ether oxygens (including phenoxy) is 1. The van der Waals surface area contributed by atoms with Crippen LogP contribution in [-0.4, -0.2) is 13.2 Å². The molecule has 3 heteroatoms. The van der Waals surface area contributed by atoms with Crippen LogP contribution in [0.25, 0.3) is 5.57 Å². The lowest BCUT2D eigenvalue weighted by atomic mass is 9.91. The Hall–Kier alpha value is -1.58. The molecule has 2 nitrogen and oxygen atoms in total. The van der Waals surface area contributed by atoms with Gasteiger partial charge in [0.25, 0.3) is 0 Å². The second kappa shape index (κ2) is 5.32. The second-order valence-corrected chi connectivity index (χ2v) is 6.59.